The lowest BCUT2D eigenvalue weighted by atomic mass is 9.97. The Balaban J connectivity index is 1.83. The highest BCUT2D eigenvalue weighted by atomic mass is 32.2. The molecule has 0 atom stereocenters. The third-order valence-corrected chi connectivity index (χ3v) is 3.91. The quantitative estimate of drug-likeness (QED) is 0.552. The van der Waals surface area contributed by atoms with Crippen LogP contribution < -0.4 is 9.47 Å². The Bertz CT molecular complexity index is 734. The van der Waals surface area contributed by atoms with Crippen molar-refractivity contribution in [2.45, 2.75) is 26.5 Å². The molecule has 0 aliphatic rings. The summed E-state index contributed by atoms with van der Waals surface area (Å²) in [7, 11) is 0. The Labute approximate surface area is 150 Å². The van der Waals surface area contributed by atoms with Gasteiger partial charge in [0.05, 0.1) is 5.41 Å². The molecule has 0 saturated heterocycles. The van der Waals surface area contributed by atoms with E-state index in [2.05, 4.69) is 0 Å². The van der Waals surface area contributed by atoms with Crippen molar-refractivity contribution < 1.29 is 23.5 Å². The minimum Gasteiger partial charge on any atom is -0.426 e. The van der Waals surface area contributed by atoms with Crippen LogP contribution in [-0.4, -0.2) is 11.3 Å². The van der Waals surface area contributed by atoms with Gasteiger partial charge in [0.15, 0.2) is 0 Å². The van der Waals surface area contributed by atoms with Crippen LogP contribution in [0.2, 0.25) is 0 Å². The summed E-state index contributed by atoms with van der Waals surface area (Å²) >= 11 is 0.990. The van der Waals surface area contributed by atoms with Crippen molar-refractivity contribution >= 4 is 23.0 Å². The second kappa shape index (κ2) is 8.16. The second-order valence-electron chi connectivity index (χ2n) is 6.38. The third-order valence-electron chi connectivity index (χ3n) is 3.12. The summed E-state index contributed by atoms with van der Waals surface area (Å²) in [6, 6.07) is 12.2. The van der Waals surface area contributed by atoms with Crippen LogP contribution >= 0.6 is 11.8 Å². The topological polar surface area (TPSA) is 52.6 Å². The zero-order valence-corrected chi connectivity index (χ0v) is 15.1. The highest BCUT2D eigenvalue weighted by molar-refractivity contribution is 8.12. The standard InChI is InChI=1S/C19H19FO4S/c1-19(2,3)17(21)23-15-8-4-13(5-9-15)12-25-18(22)24-16-10-6-14(20)7-11-16/h4-11H,12H2,1-3H3. The molecule has 0 aliphatic carbocycles. The summed E-state index contributed by atoms with van der Waals surface area (Å²) in [5.74, 6) is 0.469. The largest absolute Gasteiger partial charge is 0.426 e. The van der Waals surface area contributed by atoms with Crippen molar-refractivity contribution in [3.63, 3.8) is 0 Å². The molecular weight excluding hydrogens is 343 g/mol. The fourth-order valence-corrected chi connectivity index (χ4v) is 2.32. The number of carbonyl (C=O) groups is 2. The van der Waals surface area contributed by atoms with E-state index in [9.17, 15) is 14.0 Å². The van der Waals surface area contributed by atoms with Crippen LogP contribution in [0.4, 0.5) is 9.18 Å². The number of benzene rings is 2. The number of carbonyl (C=O) groups excluding carboxylic acids is 2. The smallest absolute Gasteiger partial charge is 0.373 e. The first-order chi connectivity index (χ1) is 11.7. The maximum Gasteiger partial charge on any atom is 0.373 e. The van der Waals surface area contributed by atoms with E-state index < -0.39 is 10.7 Å². The minimum absolute atomic E-state index is 0.295. The van der Waals surface area contributed by atoms with Crippen LogP contribution in [0.15, 0.2) is 48.5 Å². The fraction of sp³-hybridized carbons (Fsp3) is 0.263. The van der Waals surface area contributed by atoms with Crippen LogP contribution in [0.3, 0.4) is 0 Å². The molecule has 0 unspecified atom stereocenters. The van der Waals surface area contributed by atoms with Gasteiger partial charge in [-0.1, -0.05) is 12.1 Å². The van der Waals surface area contributed by atoms with Crippen LogP contribution in [-0.2, 0) is 10.5 Å². The number of halogens is 1. The van der Waals surface area contributed by atoms with E-state index in [0.29, 0.717) is 17.3 Å². The van der Waals surface area contributed by atoms with E-state index in [1.54, 1.807) is 45.0 Å². The number of esters is 1. The van der Waals surface area contributed by atoms with Crippen molar-refractivity contribution in [1.29, 1.82) is 0 Å². The van der Waals surface area contributed by atoms with E-state index in [0.717, 1.165) is 17.3 Å². The molecule has 0 heterocycles. The van der Waals surface area contributed by atoms with Crippen LogP contribution in [0.1, 0.15) is 26.3 Å². The molecule has 2 aromatic carbocycles. The molecule has 0 radical (unpaired) electrons. The summed E-state index contributed by atoms with van der Waals surface area (Å²) in [5.41, 5.74) is 0.315. The van der Waals surface area contributed by atoms with Gasteiger partial charge in [-0.05, 0) is 74.5 Å². The van der Waals surface area contributed by atoms with E-state index in [1.165, 1.54) is 24.3 Å². The number of ether oxygens (including phenoxy) is 2. The van der Waals surface area contributed by atoms with Gasteiger partial charge in [-0.25, -0.2) is 9.18 Å². The maximum absolute atomic E-state index is 12.8. The summed E-state index contributed by atoms with van der Waals surface area (Å²) < 4.78 is 23.2. The minimum atomic E-state index is -0.571. The summed E-state index contributed by atoms with van der Waals surface area (Å²) in [4.78, 5) is 23.6. The zero-order valence-electron chi connectivity index (χ0n) is 14.2. The first kappa shape index (κ1) is 19.0. The molecule has 2 rings (SSSR count). The van der Waals surface area contributed by atoms with E-state index in [1.807, 2.05) is 0 Å². The lowest BCUT2D eigenvalue weighted by molar-refractivity contribution is -0.143. The van der Waals surface area contributed by atoms with Crippen LogP contribution in [0.25, 0.3) is 0 Å². The fourth-order valence-electron chi connectivity index (χ4n) is 1.68. The van der Waals surface area contributed by atoms with Crippen molar-refractivity contribution in [2.75, 3.05) is 0 Å². The van der Waals surface area contributed by atoms with Crippen molar-refractivity contribution in [3.8, 4) is 11.5 Å². The van der Waals surface area contributed by atoms with Gasteiger partial charge in [0.2, 0.25) is 0 Å². The Morgan fingerprint density at radius 3 is 2.00 bits per heavy atom. The summed E-state index contributed by atoms with van der Waals surface area (Å²) in [5, 5.41) is -0.477. The van der Waals surface area contributed by atoms with E-state index in [4.69, 9.17) is 9.47 Å². The number of hydrogen-bond donors (Lipinski definition) is 0. The molecule has 0 N–H and O–H groups in total. The number of hydrogen-bond acceptors (Lipinski definition) is 5. The highest BCUT2D eigenvalue weighted by Gasteiger charge is 2.23. The van der Waals surface area contributed by atoms with E-state index in [-0.39, 0.29) is 11.8 Å². The molecule has 0 saturated carbocycles. The zero-order chi connectivity index (χ0) is 18.4. The second-order valence-corrected chi connectivity index (χ2v) is 7.29. The molecule has 0 fully saturated rings. The van der Waals surface area contributed by atoms with Crippen molar-refractivity contribution in [1.82, 2.24) is 0 Å². The first-order valence-corrected chi connectivity index (χ1v) is 8.64. The summed E-state index contributed by atoms with van der Waals surface area (Å²) in [6.45, 7) is 5.35. The van der Waals surface area contributed by atoms with Gasteiger partial charge in [0.1, 0.15) is 17.3 Å². The number of thioether (sulfide) groups is 1. The van der Waals surface area contributed by atoms with Crippen molar-refractivity contribution in [2.24, 2.45) is 5.41 Å². The first-order valence-electron chi connectivity index (χ1n) is 7.65. The molecule has 0 spiro atoms. The predicted octanol–water partition coefficient (Wildman–Crippen LogP) is 5.21. The Morgan fingerprint density at radius 2 is 1.44 bits per heavy atom. The van der Waals surface area contributed by atoms with Gasteiger partial charge in [-0.2, -0.15) is 0 Å². The molecular formula is C19H19FO4S. The SMILES string of the molecule is CC(C)(C)C(=O)Oc1ccc(CSC(=O)Oc2ccc(F)cc2)cc1. The number of rotatable bonds is 4. The molecule has 0 aromatic heterocycles. The Morgan fingerprint density at radius 1 is 0.920 bits per heavy atom. The van der Waals surface area contributed by atoms with Gasteiger partial charge in [-0.15, -0.1) is 0 Å². The predicted molar refractivity (Wildman–Crippen MR) is 95.3 cm³/mol. The maximum atomic E-state index is 12.8. The van der Waals surface area contributed by atoms with Gasteiger partial charge in [0, 0.05) is 5.75 Å². The third kappa shape index (κ3) is 6.23. The van der Waals surface area contributed by atoms with Crippen LogP contribution in [0, 0.1) is 11.2 Å². The molecule has 0 aliphatic heterocycles. The summed E-state index contributed by atoms with van der Waals surface area (Å²) in [6.07, 6.45) is 0. The molecule has 132 valence electrons. The Kier molecular flexibility index (Phi) is 6.20. The average molecular weight is 362 g/mol. The molecule has 2 aromatic rings. The lowest BCUT2D eigenvalue weighted by Gasteiger charge is -2.16. The van der Waals surface area contributed by atoms with Gasteiger partial charge in [-0.3, -0.25) is 4.79 Å². The normalized spacial score (nSPS) is 11.0. The monoisotopic (exact) mass is 362 g/mol. The molecule has 0 amide bonds. The average Bonchev–Trinajstić information content (AvgIpc) is 2.55. The Hall–Kier alpha value is -2.34. The van der Waals surface area contributed by atoms with Crippen molar-refractivity contribution in [3.05, 3.63) is 59.9 Å². The molecule has 25 heavy (non-hydrogen) atoms. The van der Waals surface area contributed by atoms with Gasteiger partial charge >= 0.3 is 11.3 Å². The molecule has 0 bridgehead atoms. The van der Waals surface area contributed by atoms with Gasteiger partial charge in [0.25, 0.3) is 0 Å². The van der Waals surface area contributed by atoms with Gasteiger partial charge < -0.3 is 9.47 Å². The molecule has 6 heteroatoms. The van der Waals surface area contributed by atoms with Crippen LogP contribution in [0.5, 0.6) is 11.5 Å². The molecule has 4 nitrogen and oxygen atoms in total. The highest BCUT2D eigenvalue weighted by Crippen LogP contribution is 2.22. The lowest BCUT2D eigenvalue weighted by Crippen LogP contribution is -2.25. The van der Waals surface area contributed by atoms with E-state index >= 15 is 0 Å².